The zero-order valence-electron chi connectivity index (χ0n) is 15.0. The highest BCUT2D eigenvalue weighted by Crippen LogP contribution is 2.13. The monoisotopic (exact) mass is 443 g/mol. The molecule has 2 aromatic rings. The van der Waals surface area contributed by atoms with Crippen LogP contribution in [0, 0.1) is 0 Å². The molecule has 0 saturated carbocycles. The van der Waals surface area contributed by atoms with Crippen molar-refractivity contribution in [3.05, 3.63) is 53.4 Å². The fourth-order valence-electron chi connectivity index (χ4n) is 1.99. The van der Waals surface area contributed by atoms with Gasteiger partial charge in [0, 0.05) is 11.6 Å². The largest absolute Gasteiger partial charge is 0.467 e. The first-order valence-electron chi connectivity index (χ1n) is 8.27. The van der Waals surface area contributed by atoms with E-state index in [1.165, 1.54) is 30.5 Å². The summed E-state index contributed by atoms with van der Waals surface area (Å²) in [5, 5.41) is 4.75. The minimum absolute atomic E-state index is 0.00444. The second kappa shape index (κ2) is 10.6. The Morgan fingerprint density at radius 2 is 1.83 bits per heavy atom. The molecule has 0 radical (unpaired) electrons. The van der Waals surface area contributed by atoms with Crippen molar-refractivity contribution in [2.75, 3.05) is 13.2 Å². The van der Waals surface area contributed by atoms with Crippen molar-refractivity contribution in [1.29, 1.82) is 0 Å². The molecule has 0 spiro atoms. The summed E-state index contributed by atoms with van der Waals surface area (Å²) in [7, 11) is -3.80. The molecule has 156 valence electrons. The minimum atomic E-state index is -3.80. The molecule has 0 bridgehead atoms. The maximum atomic E-state index is 12.0. The lowest BCUT2D eigenvalue weighted by Gasteiger charge is -2.08. The van der Waals surface area contributed by atoms with Crippen molar-refractivity contribution in [1.82, 2.24) is 15.4 Å². The molecule has 3 N–H and O–H groups in total. The molecule has 1 aromatic heterocycles. The zero-order valence-corrected chi connectivity index (χ0v) is 16.6. The highest BCUT2D eigenvalue weighted by atomic mass is 35.5. The van der Waals surface area contributed by atoms with Crippen molar-refractivity contribution in [2.24, 2.45) is 0 Å². The van der Waals surface area contributed by atoms with Gasteiger partial charge in [0.25, 0.3) is 5.91 Å². The Morgan fingerprint density at radius 3 is 2.48 bits per heavy atom. The maximum absolute atomic E-state index is 12.0. The molecule has 3 amide bonds. The normalized spacial score (nSPS) is 10.9. The third-order valence-corrected chi connectivity index (χ3v) is 5.09. The number of hydrogen-bond donors (Lipinski definition) is 3. The van der Waals surface area contributed by atoms with Crippen LogP contribution in [0.5, 0.6) is 0 Å². The number of nitrogens with one attached hydrogen (secondary N) is 3. The molecular formula is C17H18ClN3O7S. The van der Waals surface area contributed by atoms with Crippen LogP contribution in [-0.2, 0) is 30.9 Å². The first-order chi connectivity index (χ1) is 13.8. The second-order valence-corrected chi connectivity index (χ2v) is 7.78. The summed E-state index contributed by atoms with van der Waals surface area (Å²) in [5.41, 5.74) is 0. The van der Waals surface area contributed by atoms with Gasteiger partial charge in [0.15, 0.2) is 6.61 Å². The molecule has 10 nitrogen and oxygen atoms in total. The number of halogens is 1. The van der Waals surface area contributed by atoms with E-state index in [1.807, 2.05) is 5.32 Å². The molecule has 0 atom stereocenters. The van der Waals surface area contributed by atoms with Crippen LogP contribution in [-0.4, -0.2) is 39.5 Å². The highest BCUT2D eigenvalue weighted by molar-refractivity contribution is 7.89. The molecular weight excluding hydrogens is 426 g/mol. The number of benzene rings is 1. The van der Waals surface area contributed by atoms with Crippen molar-refractivity contribution >= 4 is 39.5 Å². The standard InChI is InChI=1S/C17H18ClN3O7S/c18-12-3-5-14(6-4-12)29(25,26)20-8-7-16(23)28-11-15(22)21-17(24)19-10-13-2-1-9-27-13/h1-6,9,20H,7-8,10-11H2,(H2,19,21,22,24). The molecule has 0 aliphatic rings. The molecule has 0 aliphatic carbocycles. The van der Waals surface area contributed by atoms with Gasteiger partial charge in [-0.2, -0.15) is 0 Å². The number of carbonyl (C=O) groups excluding carboxylic acids is 3. The molecule has 1 aromatic carbocycles. The number of imide groups is 1. The Bertz CT molecular complexity index is 944. The first-order valence-corrected chi connectivity index (χ1v) is 10.1. The zero-order chi connectivity index (χ0) is 21.3. The van der Waals surface area contributed by atoms with E-state index in [0.717, 1.165) is 0 Å². The minimum Gasteiger partial charge on any atom is -0.467 e. The van der Waals surface area contributed by atoms with E-state index in [-0.39, 0.29) is 24.4 Å². The van der Waals surface area contributed by atoms with Gasteiger partial charge in [-0.05, 0) is 36.4 Å². The Hall–Kier alpha value is -2.89. The van der Waals surface area contributed by atoms with Gasteiger partial charge < -0.3 is 14.5 Å². The molecule has 0 fully saturated rings. The Balaban J connectivity index is 1.64. The quantitative estimate of drug-likeness (QED) is 0.493. The third kappa shape index (κ3) is 7.94. The van der Waals surface area contributed by atoms with Crippen LogP contribution in [0.4, 0.5) is 4.79 Å². The van der Waals surface area contributed by atoms with Gasteiger partial charge >= 0.3 is 12.0 Å². The number of urea groups is 1. The van der Waals surface area contributed by atoms with Crippen molar-refractivity contribution in [3.63, 3.8) is 0 Å². The van der Waals surface area contributed by atoms with E-state index in [9.17, 15) is 22.8 Å². The van der Waals surface area contributed by atoms with Gasteiger partial charge in [0.1, 0.15) is 5.76 Å². The predicted molar refractivity (Wildman–Crippen MR) is 101 cm³/mol. The van der Waals surface area contributed by atoms with Gasteiger partial charge in [-0.15, -0.1) is 0 Å². The van der Waals surface area contributed by atoms with Crippen LogP contribution < -0.4 is 15.4 Å². The summed E-state index contributed by atoms with van der Waals surface area (Å²) in [6.07, 6.45) is 1.14. The lowest BCUT2D eigenvalue weighted by atomic mass is 10.4. The topological polar surface area (TPSA) is 144 Å². The lowest BCUT2D eigenvalue weighted by Crippen LogP contribution is -2.41. The van der Waals surface area contributed by atoms with Crippen LogP contribution in [0.3, 0.4) is 0 Å². The van der Waals surface area contributed by atoms with Crippen molar-refractivity contribution < 1.29 is 32.0 Å². The van der Waals surface area contributed by atoms with Crippen molar-refractivity contribution in [2.45, 2.75) is 17.9 Å². The predicted octanol–water partition coefficient (Wildman–Crippen LogP) is 1.17. The Labute approximate surface area is 171 Å². The van der Waals surface area contributed by atoms with Crippen LogP contribution >= 0.6 is 11.6 Å². The summed E-state index contributed by atoms with van der Waals surface area (Å²) < 4.78 is 36.0. The third-order valence-electron chi connectivity index (χ3n) is 3.37. The summed E-state index contributed by atoms with van der Waals surface area (Å²) in [6.45, 7) is -0.828. The summed E-state index contributed by atoms with van der Waals surface area (Å²) in [4.78, 5) is 34.7. The fraction of sp³-hybridized carbons (Fsp3) is 0.235. The number of ether oxygens (including phenoxy) is 1. The first kappa shape index (κ1) is 22.4. The van der Waals surface area contributed by atoms with Crippen LogP contribution in [0.25, 0.3) is 0 Å². The van der Waals surface area contributed by atoms with E-state index >= 15 is 0 Å². The summed E-state index contributed by atoms with van der Waals surface area (Å²) in [5.74, 6) is -1.15. The molecule has 1 heterocycles. The van der Waals surface area contributed by atoms with Gasteiger partial charge in [0.2, 0.25) is 10.0 Å². The maximum Gasteiger partial charge on any atom is 0.321 e. The number of amides is 3. The SMILES string of the molecule is O=C(COC(=O)CCNS(=O)(=O)c1ccc(Cl)cc1)NC(=O)NCc1ccco1. The van der Waals surface area contributed by atoms with Gasteiger partial charge in [0.05, 0.1) is 24.1 Å². The highest BCUT2D eigenvalue weighted by Gasteiger charge is 2.15. The smallest absolute Gasteiger partial charge is 0.321 e. The van der Waals surface area contributed by atoms with Crippen LogP contribution in [0.15, 0.2) is 52.0 Å². The second-order valence-electron chi connectivity index (χ2n) is 5.57. The number of furan rings is 1. The van der Waals surface area contributed by atoms with E-state index in [1.54, 1.807) is 12.1 Å². The van der Waals surface area contributed by atoms with Gasteiger partial charge in [-0.25, -0.2) is 17.9 Å². The molecule has 0 unspecified atom stereocenters. The van der Waals surface area contributed by atoms with E-state index in [2.05, 4.69) is 14.8 Å². The van der Waals surface area contributed by atoms with Gasteiger partial charge in [-0.3, -0.25) is 14.9 Å². The molecule has 29 heavy (non-hydrogen) atoms. The van der Waals surface area contributed by atoms with E-state index < -0.39 is 34.5 Å². The average Bonchev–Trinajstić information content (AvgIpc) is 3.18. The lowest BCUT2D eigenvalue weighted by molar-refractivity contribution is -0.148. The number of rotatable bonds is 9. The fourth-order valence-corrected chi connectivity index (χ4v) is 3.15. The van der Waals surface area contributed by atoms with E-state index in [0.29, 0.717) is 10.8 Å². The summed E-state index contributed by atoms with van der Waals surface area (Å²) in [6, 6.07) is 8.01. The Kier molecular flexibility index (Phi) is 8.19. The number of hydrogen-bond acceptors (Lipinski definition) is 7. The number of sulfonamides is 1. The number of esters is 1. The van der Waals surface area contributed by atoms with E-state index in [4.69, 9.17) is 16.0 Å². The molecule has 2 rings (SSSR count). The van der Waals surface area contributed by atoms with Crippen LogP contribution in [0.2, 0.25) is 5.02 Å². The van der Waals surface area contributed by atoms with Crippen molar-refractivity contribution in [3.8, 4) is 0 Å². The summed E-state index contributed by atoms with van der Waals surface area (Å²) >= 11 is 5.70. The number of carbonyl (C=O) groups is 3. The molecule has 12 heteroatoms. The van der Waals surface area contributed by atoms with Crippen LogP contribution in [0.1, 0.15) is 12.2 Å². The average molecular weight is 444 g/mol. The molecule has 0 saturated heterocycles. The van der Waals surface area contributed by atoms with Gasteiger partial charge in [-0.1, -0.05) is 11.6 Å². The Morgan fingerprint density at radius 1 is 1.10 bits per heavy atom. The molecule has 0 aliphatic heterocycles.